The van der Waals surface area contributed by atoms with Gasteiger partial charge in [0.15, 0.2) is 5.69 Å². The van der Waals surface area contributed by atoms with Crippen LogP contribution in [0.3, 0.4) is 0 Å². The van der Waals surface area contributed by atoms with E-state index in [1.807, 2.05) is 35.9 Å². The first-order valence-electron chi connectivity index (χ1n) is 11.6. The second kappa shape index (κ2) is 9.63. The summed E-state index contributed by atoms with van der Waals surface area (Å²) in [4.78, 5) is 25.6. The number of nitrogens with one attached hydrogen (secondary N) is 1. The quantitative estimate of drug-likeness (QED) is 0.712. The van der Waals surface area contributed by atoms with E-state index in [-0.39, 0.29) is 23.8 Å². The van der Waals surface area contributed by atoms with Crippen LogP contribution in [0.1, 0.15) is 75.2 Å². The summed E-state index contributed by atoms with van der Waals surface area (Å²) in [5.41, 5.74) is 1.48. The standard InChI is InChI=1S/C24H33N3O3/c1-2-30-24(29)18-12-6-8-14-20(18)25-23(28)22-19-13-7-9-15-21(19)27(26-22)16-17-10-4-3-5-11-17/h7,9,13,15,17-18,20H,2-6,8,10-12,14,16H2,1H3,(H,25,28)/t18-,20+/m1/s1. The van der Waals surface area contributed by atoms with Gasteiger partial charge in [0, 0.05) is 18.0 Å². The lowest BCUT2D eigenvalue weighted by Gasteiger charge is -2.30. The molecule has 4 rings (SSSR count). The second-order valence-corrected chi connectivity index (χ2v) is 8.77. The van der Waals surface area contributed by atoms with Gasteiger partial charge in [-0.15, -0.1) is 0 Å². The number of rotatable bonds is 6. The van der Waals surface area contributed by atoms with Crippen molar-refractivity contribution >= 4 is 22.8 Å². The van der Waals surface area contributed by atoms with Crippen LogP contribution in [0.25, 0.3) is 10.9 Å². The molecule has 2 saturated carbocycles. The van der Waals surface area contributed by atoms with Crippen molar-refractivity contribution < 1.29 is 14.3 Å². The van der Waals surface area contributed by atoms with Gasteiger partial charge >= 0.3 is 5.97 Å². The summed E-state index contributed by atoms with van der Waals surface area (Å²) in [6.45, 7) is 3.05. The van der Waals surface area contributed by atoms with Crippen molar-refractivity contribution in [3.05, 3.63) is 30.0 Å². The molecule has 1 amide bonds. The smallest absolute Gasteiger partial charge is 0.311 e. The van der Waals surface area contributed by atoms with E-state index in [1.165, 1.54) is 32.1 Å². The maximum absolute atomic E-state index is 13.2. The number of hydrogen-bond donors (Lipinski definition) is 1. The zero-order chi connectivity index (χ0) is 20.9. The van der Waals surface area contributed by atoms with Crippen molar-refractivity contribution in [3.8, 4) is 0 Å². The van der Waals surface area contributed by atoms with Gasteiger partial charge in [0.2, 0.25) is 0 Å². The highest BCUT2D eigenvalue weighted by Gasteiger charge is 2.34. The molecule has 0 unspecified atom stereocenters. The number of hydrogen-bond acceptors (Lipinski definition) is 4. The first-order chi connectivity index (χ1) is 14.7. The van der Waals surface area contributed by atoms with E-state index >= 15 is 0 Å². The maximum atomic E-state index is 13.2. The van der Waals surface area contributed by atoms with Crippen LogP contribution in [0, 0.1) is 11.8 Å². The van der Waals surface area contributed by atoms with Gasteiger partial charge in [-0.05, 0) is 44.6 Å². The predicted octanol–water partition coefficient (Wildman–Crippen LogP) is 4.47. The Labute approximate surface area is 178 Å². The van der Waals surface area contributed by atoms with Gasteiger partial charge in [-0.25, -0.2) is 0 Å². The van der Waals surface area contributed by atoms with Crippen LogP contribution in [0.2, 0.25) is 0 Å². The van der Waals surface area contributed by atoms with Crippen LogP contribution in [0.15, 0.2) is 24.3 Å². The molecule has 1 aromatic heterocycles. The predicted molar refractivity (Wildman–Crippen MR) is 116 cm³/mol. The van der Waals surface area contributed by atoms with Gasteiger partial charge < -0.3 is 10.1 Å². The van der Waals surface area contributed by atoms with Gasteiger partial charge in [0.25, 0.3) is 5.91 Å². The first-order valence-corrected chi connectivity index (χ1v) is 11.6. The Hall–Kier alpha value is -2.37. The normalized spacial score (nSPS) is 22.7. The van der Waals surface area contributed by atoms with E-state index in [2.05, 4.69) is 5.32 Å². The molecule has 162 valence electrons. The summed E-state index contributed by atoms with van der Waals surface area (Å²) < 4.78 is 7.27. The highest BCUT2D eigenvalue weighted by Crippen LogP contribution is 2.29. The largest absolute Gasteiger partial charge is 0.466 e. The van der Waals surface area contributed by atoms with Crippen molar-refractivity contribution in [2.24, 2.45) is 11.8 Å². The van der Waals surface area contributed by atoms with Gasteiger partial charge in [-0.3, -0.25) is 14.3 Å². The van der Waals surface area contributed by atoms with Crippen molar-refractivity contribution in [1.82, 2.24) is 15.1 Å². The minimum absolute atomic E-state index is 0.185. The Morgan fingerprint density at radius 2 is 1.80 bits per heavy atom. The minimum Gasteiger partial charge on any atom is -0.466 e. The topological polar surface area (TPSA) is 73.2 Å². The molecule has 2 aliphatic carbocycles. The molecule has 0 radical (unpaired) electrons. The van der Waals surface area contributed by atoms with Crippen molar-refractivity contribution in [2.45, 2.75) is 77.3 Å². The summed E-state index contributed by atoms with van der Waals surface area (Å²) in [6, 6.07) is 7.78. The molecule has 6 heteroatoms. The highest BCUT2D eigenvalue weighted by atomic mass is 16.5. The molecule has 2 fully saturated rings. The number of carbonyl (C=O) groups is 2. The molecule has 2 aromatic rings. The van der Waals surface area contributed by atoms with Crippen molar-refractivity contribution in [2.75, 3.05) is 6.61 Å². The molecule has 0 spiro atoms. The maximum Gasteiger partial charge on any atom is 0.311 e. The molecular formula is C24H33N3O3. The molecule has 2 atom stereocenters. The van der Waals surface area contributed by atoms with Gasteiger partial charge in [-0.2, -0.15) is 5.10 Å². The van der Waals surface area contributed by atoms with Crippen LogP contribution in [0.4, 0.5) is 0 Å². The molecular weight excluding hydrogens is 378 g/mol. The number of esters is 1. The highest BCUT2D eigenvalue weighted by molar-refractivity contribution is 6.05. The Bertz CT molecular complexity index is 885. The van der Waals surface area contributed by atoms with E-state index in [1.54, 1.807) is 0 Å². The lowest BCUT2D eigenvalue weighted by molar-refractivity contribution is -0.150. The van der Waals surface area contributed by atoms with E-state index in [9.17, 15) is 9.59 Å². The lowest BCUT2D eigenvalue weighted by Crippen LogP contribution is -2.45. The Morgan fingerprint density at radius 1 is 1.07 bits per heavy atom. The van der Waals surface area contributed by atoms with Crippen LogP contribution < -0.4 is 5.32 Å². The summed E-state index contributed by atoms with van der Waals surface area (Å²) in [6.07, 6.45) is 9.94. The fourth-order valence-electron chi connectivity index (χ4n) is 5.12. The fourth-order valence-corrected chi connectivity index (χ4v) is 5.12. The Morgan fingerprint density at radius 3 is 2.60 bits per heavy atom. The Balaban J connectivity index is 1.54. The van der Waals surface area contributed by atoms with E-state index in [4.69, 9.17) is 9.84 Å². The molecule has 2 aliphatic rings. The average molecular weight is 412 g/mol. The summed E-state index contributed by atoms with van der Waals surface area (Å²) in [7, 11) is 0. The zero-order valence-electron chi connectivity index (χ0n) is 17.9. The third-order valence-corrected chi connectivity index (χ3v) is 6.70. The van der Waals surface area contributed by atoms with Crippen LogP contribution in [-0.2, 0) is 16.1 Å². The van der Waals surface area contributed by atoms with Gasteiger partial charge in [0.05, 0.1) is 18.0 Å². The number of ether oxygens (including phenoxy) is 1. The second-order valence-electron chi connectivity index (χ2n) is 8.77. The first kappa shape index (κ1) is 20.9. The van der Waals surface area contributed by atoms with E-state index in [0.717, 1.165) is 43.1 Å². The number of amides is 1. The Kier molecular flexibility index (Phi) is 6.70. The third-order valence-electron chi connectivity index (χ3n) is 6.70. The van der Waals surface area contributed by atoms with Crippen LogP contribution >= 0.6 is 0 Å². The molecule has 6 nitrogen and oxygen atoms in total. The molecule has 0 aliphatic heterocycles. The fraction of sp³-hybridized carbons (Fsp3) is 0.625. The SMILES string of the molecule is CCOC(=O)[C@@H]1CCCC[C@@H]1NC(=O)c1nn(CC2CCCCC2)c2ccccc12. The molecule has 1 N–H and O–H groups in total. The average Bonchev–Trinajstić information content (AvgIpc) is 3.14. The summed E-state index contributed by atoms with van der Waals surface area (Å²) in [5.74, 6) is -0.0206. The molecule has 1 aromatic carbocycles. The molecule has 0 saturated heterocycles. The zero-order valence-corrected chi connectivity index (χ0v) is 17.9. The van der Waals surface area contributed by atoms with Gasteiger partial charge in [0.1, 0.15) is 0 Å². The van der Waals surface area contributed by atoms with Gasteiger partial charge in [-0.1, -0.05) is 50.3 Å². The molecule has 30 heavy (non-hydrogen) atoms. The van der Waals surface area contributed by atoms with Crippen molar-refractivity contribution in [1.29, 1.82) is 0 Å². The minimum atomic E-state index is -0.266. The number of para-hydroxylation sites is 1. The number of benzene rings is 1. The van der Waals surface area contributed by atoms with E-state index < -0.39 is 0 Å². The monoisotopic (exact) mass is 411 g/mol. The summed E-state index contributed by atoms with van der Waals surface area (Å²) in [5, 5.41) is 8.75. The van der Waals surface area contributed by atoms with Crippen LogP contribution in [-0.4, -0.2) is 34.3 Å². The van der Waals surface area contributed by atoms with Crippen molar-refractivity contribution in [3.63, 3.8) is 0 Å². The number of fused-ring (bicyclic) bond motifs is 1. The molecule has 0 bridgehead atoms. The third kappa shape index (κ3) is 4.52. The number of carbonyl (C=O) groups excluding carboxylic acids is 2. The number of aromatic nitrogens is 2. The molecule has 1 heterocycles. The number of nitrogens with zero attached hydrogens (tertiary/aromatic N) is 2. The lowest BCUT2D eigenvalue weighted by atomic mass is 9.84. The van der Waals surface area contributed by atoms with Crippen LogP contribution in [0.5, 0.6) is 0 Å². The van der Waals surface area contributed by atoms with E-state index in [0.29, 0.717) is 18.2 Å². The summed E-state index contributed by atoms with van der Waals surface area (Å²) >= 11 is 0.